The van der Waals surface area contributed by atoms with Crippen molar-refractivity contribution in [1.29, 1.82) is 0 Å². The maximum atomic E-state index is 12.9. The summed E-state index contributed by atoms with van der Waals surface area (Å²) in [6.07, 6.45) is 67.9. The summed E-state index contributed by atoms with van der Waals surface area (Å²) in [5.41, 5.74) is 0. The minimum atomic E-state index is -4.61. The number of hydrogen-bond acceptors (Lipinski definition) is 6. The second-order valence-electron chi connectivity index (χ2n) is 19.6. The molecule has 0 aliphatic heterocycles. The molecule has 0 saturated heterocycles. The van der Waals surface area contributed by atoms with E-state index in [0.717, 1.165) is 89.9 Å². The van der Waals surface area contributed by atoms with Crippen LogP contribution in [0, 0.1) is 0 Å². The second-order valence-corrected chi connectivity index (χ2v) is 21.0. The Morgan fingerprint density at radius 2 is 0.910 bits per heavy atom. The number of aliphatic hydroxyl groups is 1. The molecule has 0 saturated carbocycles. The number of aliphatic hydroxyl groups excluding tert-OH is 1. The molecule has 3 unspecified atom stereocenters. The average molecular weight is 957 g/mol. The third-order valence-electron chi connectivity index (χ3n) is 11.9. The number of carbonyl (C=O) groups excluding carboxylic acids is 1. The number of allylic oxidation sites excluding steroid dienone is 13. The molecule has 0 heterocycles. The first-order valence-corrected chi connectivity index (χ1v) is 28.9. The third kappa shape index (κ3) is 51.4. The van der Waals surface area contributed by atoms with E-state index in [9.17, 15) is 19.4 Å². The van der Waals surface area contributed by atoms with Gasteiger partial charge in [0.15, 0.2) is 0 Å². The zero-order chi connectivity index (χ0) is 49.2. The minimum absolute atomic E-state index is 0.0106. The van der Waals surface area contributed by atoms with Gasteiger partial charge in [0.25, 0.3) is 7.82 Å². The molecule has 2 N–H and O–H groups in total. The van der Waals surface area contributed by atoms with Crippen molar-refractivity contribution >= 4 is 13.7 Å². The van der Waals surface area contributed by atoms with Crippen LogP contribution in [0.3, 0.4) is 0 Å². The van der Waals surface area contributed by atoms with Crippen LogP contribution in [0.5, 0.6) is 0 Å². The fourth-order valence-corrected chi connectivity index (χ4v) is 8.29. The summed E-state index contributed by atoms with van der Waals surface area (Å²) in [6.45, 7) is 4.52. The molecule has 0 aliphatic rings. The number of unbranched alkanes of at least 4 members (excludes halogenated alkanes) is 24. The van der Waals surface area contributed by atoms with Crippen LogP contribution in [0.4, 0.5) is 0 Å². The predicted octanol–water partition coefficient (Wildman–Crippen LogP) is 15.8. The molecular weight excluding hydrogens is 852 g/mol. The van der Waals surface area contributed by atoms with Crippen LogP contribution in [0.25, 0.3) is 0 Å². The van der Waals surface area contributed by atoms with Crippen LogP contribution < -0.4 is 10.2 Å². The van der Waals surface area contributed by atoms with Gasteiger partial charge in [-0.25, -0.2) is 0 Å². The van der Waals surface area contributed by atoms with Gasteiger partial charge in [0.05, 0.1) is 39.9 Å². The van der Waals surface area contributed by atoms with E-state index >= 15 is 0 Å². The normalized spacial score (nSPS) is 14.7. The van der Waals surface area contributed by atoms with Crippen molar-refractivity contribution in [2.24, 2.45) is 0 Å². The lowest BCUT2D eigenvalue weighted by Gasteiger charge is -2.29. The molecule has 0 aromatic heterocycles. The first kappa shape index (κ1) is 64.7. The number of carbonyl (C=O) groups is 1. The molecule has 0 spiro atoms. The first-order chi connectivity index (χ1) is 32.5. The molecule has 0 fully saturated rings. The molecule has 0 bridgehead atoms. The highest BCUT2D eigenvalue weighted by Crippen LogP contribution is 2.38. The zero-order valence-electron chi connectivity index (χ0n) is 44.1. The van der Waals surface area contributed by atoms with Crippen LogP contribution in [0.2, 0.25) is 0 Å². The molecule has 0 aliphatic carbocycles. The number of nitrogens with zero attached hydrogens (tertiary/aromatic N) is 1. The Kier molecular flexibility index (Phi) is 47.0. The van der Waals surface area contributed by atoms with E-state index in [0.29, 0.717) is 17.4 Å². The highest BCUT2D eigenvalue weighted by Gasteiger charge is 2.23. The molecule has 8 nitrogen and oxygen atoms in total. The number of quaternary nitrogens is 1. The minimum Gasteiger partial charge on any atom is -0.756 e. The van der Waals surface area contributed by atoms with E-state index in [1.165, 1.54) is 116 Å². The number of nitrogens with one attached hydrogen (secondary N) is 1. The fourth-order valence-electron chi connectivity index (χ4n) is 7.57. The monoisotopic (exact) mass is 957 g/mol. The van der Waals surface area contributed by atoms with Crippen molar-refractivity contribution in [2.75, 3.05) is 40.9 Å². The van der Waals surface area contributed by atoms with E-state index in [4.69, 9.17) is 9.05 Å². The first-order valence-electron chi connectivity index (χ1n) is 27.4. The highest BCUT2D eigenvalue weighted by atomic mass is 31.2. The summed E-state index contributed by atoms with van der Waals surface area (Å²) in [5, 5.41) is 13.9. The van der Waals surface area contributed by atoms with Gasteiger partial charge in [-0.05, 0) is 70.6 Å². The van der Waals surface area contributed by atoms with E-state index in [-0.39, 0.29) is 12.5 Å². The Hall–Kier alpha value is -2.32. The van der Waals surface area contributed by atoms with Gasteiger partial charge in [-0.3, -0.25) is 9.36 Å². The summed E-state index contributed by atoms with van der Waals surface area (Å²) in [5.74, 6) is -0.223. The van der Waals surface area contributed by atoms with Crippen molar-refractivity contribution < 1.29 is 32.9 Å². The van der Waals surface area contributed by atoms with Crippen LogP contribution in [0.1, 0.15) is 226 Å². The maximum Gasteiger partial charge on any atom is 0.268 e. The van der Waals surface area contributed by atoms with Crippen LogP contribution in [0.15, 0.2) is 85.1 Å². The van der Waals surface area contributed by atoms with Crippen molar-refractivity contribution in [2.45, 2.75) is 238 Å². The smallest absolute Gasteiger partial charge is 0.268 e. The van der Waals surface area contributed by atoms with Gasteiger partial charge >= 0.3 is 0 Å². The molecule has 67 heavy (non-hydrogen) atoms. The van der Waals surface area contributed by atoms with E-state index in [2.05, 4.69) is 92.1 Å². The average Bonchev–Trinajstić information content (AvgIpc) is 3.29. The number of hydrogen-bond donors (Lipinski definition) is 2. The molecule has 1 amide bonds. The number of phosphoric ester groups is 1. The van der Waals surface area contributed by atoms with Crippen molar-refractivity contribution in [3.05, 3.63) is 85.1 Å². The molecule has 0 radical (unpaired) electrons. The number of phosphoric acid groups is 1. The maximum absolute atomic E-state index is 12.9. The van der Waals surface area contributed by atoms with Gasteiger partial charge in [0, 0.05) is 6.42 Å². The Bertz CT molecular complexity index is 1360. The van der Waals surface area contributed by atoms with Gasteiger partial charge in [0.1, 0.15) is 13.2 Å². The summed E-state index contributed by atoms with van der Waals surface area (Å²) < 4.78 is 23.3. The third-order valence-corrected chi connectivity index (χ3v) is 12.8. The fraction of sp³-hybridized carbons (Fsp3) is 0.741. The van der Waals surface area contributed by atoms with Crippen molar-refractivity contribution in [3.8, 4) is 0 Å². The highest BCUT2D eigenvalue weighted by molar-refractivity contribution is 7.45. The summed E-state index contributed by atoms with van der Waals surface area (Å²) in [6, 6.07) is -0.906. The van der Waals surface area contributed by atoms with Gasteiger partial charge in [-0.15, -0.1) is 0 Å². The molecular formula is C58H105N2O6P. The lowest BCUT2D eigenvalue weighted by Crippen LogP contribution is -2.45. The predicted molar refractivity (Wildman–Crippen MR) is 288 cm³/mol. The molecule has 3 atom stereocenters. The van der Waals surface area contributed by atoms with Gasteiger partial charge in [-0.2, -0.15) is 0 Å². The van der Waals surface area contributed by atoms with Gasteiger partial charge in [-0.1, -0.05) is 234 Å². The summed E-state index contributed by atoms with van der Waals surface area (Å²) >= 11 is 0. The second kappa shape index (κ2) is 48.7. The van der Waals surface area contributed by atoms with E-state index < -0.39 is 26.6 Å². The van der Waals surface area contributed by atoms with Crippen molar-refractivity contribution in [3.63, 3.8) is 0 Å². The van der Waals surface area contributed by atoms with Crippen molar-refractivity contribution in [1.82, 2.24) is 5.32 Å². The standard InChI is InChI=1S/C58H105N2O6P/c1-6-8-10-12-14-16-18-20-22-24-26-28-30-32-34-36-38-40-42-44-46-48-50-52-58(62)59-56(55-66-67(63,64)65-54-53-60(3,4)5)57(61)51-49-47-45-43-41-39-37-35-33-31-29-27-25-23-21-19-17-15-13-11-9-7-2/h8,10,14,16,20,22,26,28,32,34,38,40,49,51,56-57,61H,6-7,9,11-13,15,17-19,21,23-25,27,29-31,33,35-37,39,41-48,50,52-55H2,1-5H3,(H-,59,62,63,64)/b10-8-,16-14-,22-20-,28-26-,34-32-,40-38-,51-49+. The Morgan fingerprint density at radius 1 is 0.537 bits per heavy atom. The van der Waals surface area contributed by atoms with Crippen LogP contribution in [-0.2, 0) is 18.4 Å². The van der Waals surface area contributed by atoms with Crippen LogP contribution >= 0.6 is 7.82 Å². The molecule has 0 rings (SSSR count). The lowest BCUT2D eigenvalue weighted by atomic mass is 10.0. The molecule has 0 aromatic rings. The molecule has 9 heteroatoms. The van der Waals surface area contributed by atoms with Crippen LogP contribution in [-0.4, -0.2) is 68.5 Å². The number of rotatable bonds is 49. The number of amides is 1. The Labute approximate surface area is 414 Å². The Morgan fingerprint density at radius 3 is 1.33 bits per heavy atom. The quantitative estimate of drug-likeness (QED) is 0.0272. The van der Waals surface area contributed by atoms with Gasteiger partial charge in [0.2, 0.25) is 5.91 Å². The summed E-state index contributed by atoms with van der Waals surface area (Å²) in [7, 11) is 1.23. The van der Waals surface area contributed by atoms with E-state index in [1.807, 2.05) is 27.2 Å². The topological polar surface area (TPSA) is 108 Å². The van der Waals surface area contributed by atoms with Gasteiger partial charge < -0.3 is 28.8 Å². The van der Waals surface area contributed by atoms with E-state index in [1.54, 1.807) is 6.08 Å². The lowest BCUT2D eigenvalue weighted by molar-refractivity contribution is -0.870. The SMILES string of the molecule is CC/C=C\C/C=C\C/C=C\C/C=C\C/C=C\C/C=C\CCCCCCC(=O)NC(COP(=O)([O-])OCC[N+](C)(C)C)C(O)/C=C/CCCCCCCCCCCCCCCCCCCCCC. The number of likely N-dealkylation sites (N-methyl/N-ethyl adjacent to an activating group) is 1. The molecule has 388 valence electrons. The zero-order valence-corrected chi connectivity index (χ0v) is 45.0. The molecule has 0 aromatic carbocycles. The Balaban J connectivity index is 4.35. The largest absolute Gasteiger partial charge is 0.756 e. The summed E-state index contributed by atoms with van der Waals surface area (Å²) in [4.78, 5) is 25.5.